The maximum atomic E-state index is 13.8. The molecule has 2 aliphatic heterocycles. The summed E-state index contributed by atoms with van der Waals surface area (Å²) in [7, 11) is 0. The zero-order chi connectivity index (χ0) is 29.8. The monoisotopic (exact) mass is 590 g/mol. The minimum absolute atomic E-state index is 0.124. The Hall–Kier alpha value is -3.66. The second kappa shape index (κ2) is 10.8. The van der Waals surface area contributed by atoms with Crippen molar-refractivity contribution in [3.63, 3.8) is 0 Å². The Balaban J connectivity index is 1.49. The fourth-order valence-electron chi connectivity index (χ4n) is 7.24. The van der Waals surface area contributed by atoms with E-state index >= 15 is 0 Å². The number of nitrogens with zero attached hydrogens (tertiary/aromatic N) is 4. The van der Waals surface area contributed by atoms with E-state index in [1.807, 2.05) is 25.1 Å². The molecule has 4 heterocycles. The van der Waals surface area contributed by atoms with Crippen molar-refractivity contribution in [2.45, 2.75) is 64.0 Å². The second-order valence-corrected chi connectivity index (χ2v) is 12.6. The van der Waals surface area contributed by atoms with E-state index in [1.54, 1.807) is 12.3 Å². The van der Waals surface area contributed by atoms with Crippen LogP contribution in [0.4, 0.5) is 19.0 Å². The molecular weight excluding hydrogens is 553 g/mol. The van der Waals surface area contributed by atoms with Crippen LogP contribution in [0.3, 0.4) is 0 Å². The lowest BCUT2D eigenvalue weighted by Crippen LogP contribution is -2.58. The number of fused-ring (bicyclic) bond motifs is 2. The first kappa shape index (κ1) is 28.1. The largest absolute Gasteiger partial charge is 0.481 e. The highest BCUT2D eigenvalue weighted by atomic mass is 19.4. The lowest BCUT2D eigenvalue weighted by Gasteiger charge is -2.48. The average Bonchev–Trinajstić information content (AvgIpc) is 3.47. The number of halogens is 3. The van der Waals surface area contributed by atoms with Crippen LogP contribution in [0.2, 0.25) is 0 Å². The van der Waals surface area contributed by atoms with Gasteiger partial charge in [0.15, 0.2) is 12.4 Å². The van der Waals surface area contributed by atoms with Gasteiger partial charge in [-0.25, -0.2) is 9.97 Å². The van der Waals surface area contributed by atoms with Crippen molar-refractivity contribution in [2.24, 2.45) is 5.41 Å². The SMILES string of the molecule is C=Cc1cc2c(N3CCC4(CC3)CNC4)nc(C3CCCCC3)nc2c(OCC(F)(F)F)c1-c1c(C)ccc2[nH]ncc12. The van der Waals surface area contributed by atoms with E-state index < -0.39 is 12.8 Å². The van der Waals surface area contributed by atoms with Gasteiger partial charge >= 0.3 is 6.18 Å². The molecule has 1 spiro atoms. The average molecular weight is 591 g/mol. The normalized spacial score (nSPS) is 19.2. The summed E-state index contributed by atoms with van der Waals surface area (Å²) >= 11 is 0. The minimum atomic E-state index is -4.52. The maximum absolute atomic E-state index is 13.8. The molecular formula is C33H37F3N6O. The fraction of sp³-hybridized carbons (Fsp3) is 0.485. The maximum Gasteiger partial charge on any atom is 0.422 e. The van der Waals surface area contributed by atoms with Crippen molar-refractivity contribution in [3.8, 4) is 16.9 Å². The Morgan fingerprint density at radius 2 is 1.84 bits per heavy atom. The molecule has 2 aromatic carbocycles. The van der Waals surface area contributed by atoms with Gasteiger partial charge in [0.1, 0.15) is 17.2 Å². The number of H-pyrrole nitrogens is 1. The van der Waals surface area contributed by atoms with Crippen molar-refractivity contribution in [3.05, 3.63) is 47.9 Å². The van der Waals surface area contributed by atoms with Crippen LogP contribution >= 0.6 is 0 Å². The molecule has 7 rings (SSSR count). The summed E-state index contributed by atoms with van der Waals surface area (Å²) in [5, 5.41) is 12.2. The smallest absolute Gasteiger partial charge is 0.422 e. The molecule has 7 nitrogen and oxygen atoms in total. The van der Waals surface area contributed by atoms with Gasteiger partial charge in [0.05, 0.1) is 11.7 Å². The number of nitrogens with one attached hydrogen (secondary N) is 2. The summed E-state index contributed by atoms with van der Waals surface area (Å²) in [4.78, 5) is 12.6. The van der Waals surface area contributed by atoms with E-state index in [1.165, 1.54) is 6.42 Å². The second-order valence-electron chi connectivity index (χ2n) is 12.6. The van der Waals surface area contributed by atoms with Crippen molar-refractivity contribution in [1.29, 1.82) is 0 Å². The van der Waals surface area contributed by atoms with Gasteiger partial charge < -0.3 is 15.0 Å². The van der Waals surface area contributed by atoms with Crippen LogP contribution in [0.5, 0.6) is 5.75 Å². The zero-order valence-electron chi connectivity index (χ0n) is 24.5. The summed E-state index contributed by atoms with van der Waals surface area (Å²) in [6, 6.07) is 5.86. The number of aromatic nitrogens is 4. The molecule has 0 atom stereocenters. The van der Waals surface area contributed by atoms with E-state index in [-0.39, 0.29) is 11.7 Å². The number of aromatic amines is 1. The summed E-state index contributed by atoms with van der Waals surface area (Å²) in [5.41, 5.74) is 4.44. The number of hydrogen-bond donors (Lipinski definition) is 2. The highest BCUT2D eigenvalue weighted by Gasteiger charge is 2.40. The van der Waals surface area contributed by atoms with Gasteiger partial charge in [0, 0.05) is 48.4 Å². The number of hydrogen-bond acceptors (Lipinski definition) is 6. The van der Waals surface area contributed by atoms with Gasteiger partial charge in [0.2, 0.25) is 0 Å². The van der Waals surface area contributed by atoms with Crippen LogP contribution < -0.4 is 15.0 Å². The molecule has 0 bridgehead atoms. The van der Waals surface area contributed by atoms with Gasteiger partial charge in [-0.05, 0) is 66.8 Å². The number of aryl methyl sites for hydroxylation is 1. The lowest BCUT2D eigenvalue weighted by atomic mass is 9.73. The first-order chi connectivity index (χ1) is 20.8. The molecule has 0 radical (unpaired) electrons. The van der Waals surface area contributed by atoms with Gasteiger partial charge in [-0.3, -0.25) is 5.10 Å². The Morgan fingerprint density at radius 1 is 1.07 bits per heavy atom. The van der Waals surface area contributed by atoms with Crippen molar-refractivity contribution >= 4 is 33.7 Å². The summed E-state index contributed by atoms with van der Waals surface area (Å²) in [6.07, 6.45) is 6.31. The molecule has 2 aromatic heterocycles. The van der Waals surface area contributed by atoms with E-state index in [0.29, 0.717) is 33.3 Å². The van der Waals surface area contributed by atoms with Crippen LogP contribution in [0, 0.1) is 12.3 Å². The molecule has 10 heteroatoms. The summed E-state index contributed by atoms with van der Waals surface area (Å²) < 4.78 is 47.2. The Kier molecular flexibility index (Phi) is 7.07. The number of alkyl halides is 3. The molecule has 3 fully saturated rings. The van der Waals surface area contributed by atoms with Crippen molar-refractivity contribution in [1.82, 2.24) is 25.5 Å². The van der Waals surface area contributed by atoms with Gasteiger partial charge in [-0.2, -0.15) is 18.3 Å². The highest BCUT2D eigenvalue weighted by Crippen LogP contribution is 2.47. The van der Waals surface area contributed by atoms with Crippen LogP contribution in [0.25, 0.3) is 39.0 Å². The zero-order valence-corrected chi connectivity index (χ0v) is 24.5. The predicted molar refractivity (Wildman–Crippen MR) is 164 cm³/mol. The highest BCUT2D eigenvalue weighted by molar-refractivity contribution is 6.07. The molecule has 2 N–H and O–H groups in total. The number of rotatable bonds is 6. The van der Waals surface area contributed by atoms with Crippen LogP contribution in [0.15, 0.2) is 31.0 Å². The van der Waals surface area contributed by atoms with Crippen LogP contribution in [0.1, 0.15) is 67.8 Å². The van der Waals surface area contributed by atoms with E-state index in [2.05, 4.69) is 27.0 Å². The topological polar surface area (TPSA) is 79.0 Å². The molecule has 2 saturated heterocycles. The van der Waals surface area contributed by atoms with Gasteiger partial charge in [0.25, 0.3) is 0 Å². The third-order valence-electron chi connectivity index (χ3n) is 9.75. The number of ether oxygens (including phenoxy) is 1. The predicted octanol–water partition coefficient (Wildman–Crippen LogP) is 7.30. The van der Waals surface area contributed by atoms with Crippen LogP contribution in [-0.2, 0) is 0 Å². The molecule has 4 aromatic rings. The van der Waals surface area contributed by atoms with E-state index in [9.17, 15) is 13.2 Å². The Bertz CT molecular complexity index is 1680. The van der Waals surface area contributed by atoms with Crippen LogP contribution in [-0.4, -0.2) is 59.1 Å². The van der Waals surface area contributed by atoms with Crippen molar-refractivity contribution < 1.29 is 17.9 Å². The first-order valence-corrected chi connectivity index (χ1v) is 15.3. The third-order valence-corrected chi connectivity index (χ3v) is 9.75. The number of benzene rings is 2. The third kappa shape index (κ3) is 5.13. The van der Waals surface area contributed by atoms with E-state index in [4.69, 9.17) is 14.7 Å². The fourth-order valence-corrected chi connectivity index (χ4v) is 7.24. The number of anilines is 1. The van der Waals surface area contributed by atoms with Crippen molar-refractivity contribution in [2.75, 3.05) is 37.7 Å². The molecule has 226 valence electrons. The molecule has 1 aliphatic carbocycles. The standard InChI is InChI=1S/C33H37F3N6O/c1-3-21-15-23-28(29(43-19-33(34,35)36)27(21)26-20(2)9-10-25-24(26)16-38-41-25)39-30(22-7-5-4-6-8-22)40-31(23)42-13-11-32(12-14-42)17-37-18-32/h3,9-10,15-16,22,37H,1,4-8,11-14,17-19H2,2H3,(H,38,41). The molecule has 1 saturated carbocycles. The molecule has 0 unspecified atom stereocenters. The minimum Gasteiger partial charge on any atom is -0.481 e. The van der Waals surface area contributed by atoms with Gasteiger partial charge in [-0.15, -0.1) is 0 Å². The summed E-state index contributed by atoms with van der Waals surface area (Å²) in [5.74, 6) is 1.79. The van der Waals surface area contributed by atoms with Gasteiger partial charge in [-0.1, -0.05) is 38.0 Å². The number of piperidine rings is 1. The summed E-state index contributed by atoms with van der Waals surface area (Å²) in [6.45, 7) is 8.37. The first-order valence-electron chi connectivity index (χ1n) is 15.3. The molecule has 0 amide bonds. The molecule has 43 heavy (non-hydrogen) atoms. The Morgan fingerprint density at radius 3 is 2.51 bits per heavy atom. The quantitative estimate of drug-likeness (QED) is 0.245. The van der Waals surface area contributed by atoms with E-state index in [0.717, 1.165) is 92.6 Å². The molecule has 3 aliphatic rings. The lowest BCUT2D eigenvalue weighted by molar-refractivity contribution is -0.153. The Labute approximate surface area is 248 Å².